The summed E-state index contributed by atoms with van der Waals surface area (Å²) < 4.78 is 30.2. The van der Waals surface area contributed by atoms with Gasteiger partial charge in [0.2, 0.25) is 6.04 Å². The van der Waals surface area contributed by atoms with Crippen LogP contribution >= 0.6 is 0 Å². The van der Waals surface area contributed by atoms with Gasteiger partial charge in [-0.25, -0.2) is 0 Å². The molecule has 1 aliphatic carbocycles. The van der Waals surface area contributed by atoms with Crippen molar-refractivity contribution in [2.75, 3.05) is 0 Å². The Kier molecular flexibility index (Phi) is 2.87. The summed E-state index contributed by atoms with van der Waals surface area (Å²) in [5, 5.41) is 9.23. The van der Waals surface area contributed by atoms with Crippen LogP contribution in [0.25, 0.3) is 0 Å². The molecule has 13 heavy (non-hydrogen) atoms. The van der Waals surface area contributed by atoms with Gasteiger partial charge in [-0.1, -0.05) is 6.42 Å². The molecule has 1 aliphatic rings. The fourth-order valence-corrected chi connectivity index (χ4v) is 2.76. The van der Waals surface area contributed by atoms with E-state index in [1.165, 1.54) is 0 Å². The van der Waals surface area contributed by atoms with Gasteiger partial charge in [0.25, 0.3) is 10.1 Å². The third-order valence-corrected chi connectivity index (χ3v) is 3.64. The Hall–Kier alpha value is -0.690. The van der Waals surface area contributed by atoms with Crippen molar-refractivity contribution in [3.8, 4) is 0 Å². The lowest BCUT2D eigenvalue weighted by Gasteiger charge is -2.22. The average molecular weight is 209 g/mol. The zero-order valence-electron chi connectivity index (χ0n) is 6.92. The molecule has 7 heteroatoms. The molecule has 1 rings (SSSR count). The molecule has 0 aliphatic heterocycles. The molecule has 1 N–H and O–H groups in total. The molecule has 0 aromatic carbocycles. The SMILES string of the molecule is O=[N+]([O-])C1CCCCC1S(=O)(=O)O. The highest BCUT2D eigenvalue weighted by atomic mass is 32.2. The van der Waals surface area contributed by atoms with E-state index in [1.807, 2.05) is 0 Å². The minimum absolute atomic E-state index is 0.185. The molecule has 0 bridgehead atoms. The third-order valence-electron chi connectivity index (χ3n) is 2.32. The monoisotopic (exact) mass is 209 g/mol. The topological polar surface area (TPSA) is 97.5 Å². The first-order valence-electron chi connectivity index (χ1n) is 4.02. The highest BCUT2D eigenvalue weighted by Gasteiger charge is 2.42. The van der Waals surface area contributed by atoms with Crippen molar-refractivity contribution < 1.29 is 17.9 Å². The van der Waals surface area contributed by atoms with Crippen molar-refractivity contribution in [1.29, 1.82) is 0 Å². The zero-order chi connectivity index (χ0) is 10.1. The molecule has 0 radical (unpaired) electrons. The maximum Gasteiger partial charge on any atom is 0.274 e. The number of nitrogens with zero attached hydrogens (tertiary/aromatic N) is 1. The van der Waals surface area contributed by atoms with Crippen molar-refractivity contribution in [3.05, 3.63) is 10.1 Å². The molecule has 1 fully saturated rings. The molecule has 6 nitrogen and oxygen atoms in total. The third kappa shape index (κ3) is 2.38. The van der Waals surface area contributed by atoms with Crippen molar-refractivity contribution >= 4 is 10.1 Å². The largest absolute Gasteiger partial charge is 0.285 e. The summed E-state index contributed by atoms with van der Waals surface area (Å²) in [6, 6.07) is -1.14. The van der Waals surface area contributed by atoms with Crippen LogP contribution in [0.3, 0.4) is 0 Å². The lowest BCUT2D eigenvalue weighted by atomic mass is 9.95. The highest BCUT2D eigenvalue weighted by Crippen LogP contribution is 2.25. The molecule has 0 heterocycles. The number of nitro groups is 1. The summed E-state index contributed by atoms with van der Waals surface area (Å²) in [6.07, 6.45) is 1.69. The van der Waals surface area contributed by atoms with Crippen LogP contribution in [0.5, 0.6) is 0 Å². The maximum atomic E-state index is 10.8. The summed E-state index contributed by atoms with van der Waals surface area (Å²) in [4.78, 5) is 9.83. The maximum absolute atomic E-state index is 10.8. The summed E-state index contributed by atoms with van der Waals surface area (Å²) >= 11 is 0. The molecule has 0 aromatic rings. The lowest BCUT2D eigenvalue weighted by Crippen LogP contribution is -2.41. The van der Waals surface area contributed by atoms with Crippen LogP contribution in [0.15, 0.2) is 0 Å². The van der Waals surface area contributed by atoms with E-state index in [9.17, 15) is 18.5 Å². The normalized spacial score (nSPS) is 29.9. The van der Waals surface area contributed by atoms with Crippen LogP contribution in [0, 0.1) is 10.1 Å². The lowest BCUT2D eigenvalue weighted by molar-refractivity contribution is -0.525. The average Bonchev–Trinajstić information content (AvgIpc) is 2.03. The van der Waals surface area contributed by atoms with Gasteiger partial charge in [0.15, 0.2) is 5.25 Å². The fraction of sp³-hybridized carbons (Fsp3) is 1.00. The highest BCUT2D eigenvalue weighted by molar-refractivity contribution is 7.86. The van der Waals surface area contributed by atoms with Gasteiger partial charge in [0.05, 0.1) is 0 Å². The minimum Gasteiger partial charge on any atom is -0.285 e. The first-order chi connectivity index (χ1) is 5.93. The van der Waals surface area contributed by atoms with E-state index in [-0.39, 0.29) is 12.8 Å². The summed E-state index contributed by atoms with van der Waals surface area (Å²) in [6.45, 7) is 0. The van der Waals surface area contributed by atoms with Gasteiger partial charge in [-0.05, 0) is 12.8 Å². The Bertz CT molecular complexity index is 298. The van der Waals surface area contributed by atoms with E-state index in [0.717, 1.165) is 0 Å². The van der Waals surface area contributed by atoms with E-state index in [2.05, 4.69) is 0 Å². The Labute approximate surface area is 75.8 Å². The van der Waals surface area contributed by atoms with E-state index < -0.39 is 26.3 Å². The molecular weight excluding hydrogens is 198 g/mol. The van der Waals surface area contributed by atoms with Crippen molar-refractivity contribution in [1.82, 2.24) is 0 Å². The van der Waals surface area contributed by atoms with Crippen LogP contribution in [0.2, 0.25) is 0 Å². The van der Waals surface area contributed by atoms with Crippen LogP contribution in [0.4, 0.5) is 0 Å². The molecule has 1 saturated carbocycles. The Morgan fingerprint density at radius 3 is 2.23 bits per heavy atom. The second kappa shape index (κ2) is 3.59. The van der Waals surface area contributed by atoms with Crippen molar-refractivity contribution in [3.63, 3.8) is 0 Å². The molecular formula is C6H11NO5S. The van der Waals surface area contributed by atoms with Crippen LogP contribution in [-0.4, -0.2) is 29.2 Å². The summed E-state index contributed by atoms with van der Waals surface area (Å²) in [5.41, 5.74) is 0. The number of hydrogen-bond donors (Lipinski definition) is 1. The number of hydrogen-bond acceptors (Lipinski definition) is 4. The number of rotatable bonds is 2. The van der Waals surface area contributed by atoms with E-state index >= 15 is 0 Å². The standard InChI is InChI=1S/C6H11NO5S/c8-7(9)5-3-1-2-4-6(5)13(10,11)12/h5-6H,1-4H2,(H,10,11,12). The molecule has 2 unspecified atom stereocenters. The van der Waals surface area contributed by atoms with Gasteiger partial charge in [0.1, 0.15) is 0 Å². The Morgan fingerprint density at radius 1 is 1.31 bits per heavy atom. The zero-order valence-corrected chi connectivity index (χ0v) is 7.74. The first-order valence-corrected chi connectivity index (χ1v) is 5.53. The van der Waals surface area contributed by atoms with E-state index in [0.29, 0.717) is 12.8 Å². The van der Waals surface area contributed by atoms with Gasteiger partial charge in [-0.3, -0.25) is 14.7 Å². The minimum atomic E-state index is -4.26. The first kappa shape index (κ1) is 10.4. The van der Waals surface area contributed by atoms with Gasteiger partial charge in [0, 0.05) is 11.3 Å². The second-order valence-electron chi connectivity index (χ2n) is 3.19. The molecule has 0 amide bonds. The molecule has 76 valence electrons. The molecule has 0 spiro atoms. The molecule has 0 aromatic heterocycles. The summed E-state index contributed by atoms with van der Waals surface area (Å²) in [7, 11) is -4.26. The molecule has 2 atom stereocenters. The molecule has 0 saturated heterocycles. The van der Waals surface area contributed by atoms with E-state index in [4.69, 9.17) is 4.55 Å². The van der Waals surface area contributed by atoms with E-state index in [1.54, 1.807) is 0 Å². The fourth-order valence-electron chi connectivity index (χ4n) is 1.67. The van der Waals surface area contributed by atoms with Gasteiger partial charge < -0.3 is 0 Å². The van der Waals surface area contributed by atoms with Crippen LogP contribution in [0.1, 0.15) is 25.7 Å². The van der Waals surface area contributed by atoms with Gasteiger partial charge in [-0.2, -0.15) is 8.42 Å². The Morgan fingerprint density at radius 2 is 1.85 bits per heavy atom. The quantitative estimate of drug-likeness (QED) is 0.405. The Balaban J connectivity index is 2.86. The predicted octanol–water partition coefficient (Wildman–Crippen LogP) is 0.462. The van der Waals surface area contributed by atoms with Gasteiger partial charge >= 0.3 is 0 Å². The van der Waals surface area contributed by atoms with Gasteiger partial charge in [-0.15, -0.1) is 0 Å². The summed E-state index contributed by atoms with van der Waals surface area (Å²) in [5.74, 6) is 0. The second-order valence-corrected chi connectivity index (χ2v) is 4.83. The van der Waals surface area contributed by atoms with Crippen molar-refractivity contribution in [2.24, 2.45) is 0 Å². The predicted molar refractivity (Wildman–Crippen MR) is 44.6 cm³/mol. The van der Waals surface area contributed by atoms with Crippen LogP contribution < -0.4 is 0 Å². The van der Waals surface area contributed by atoms with Crippen LogP contribution in [-0.2, 0) is 10.1 Å². The van der Waals surface area contributed by atoms with Crippen molar-refractivity contribution in [2.45, 2.75) is 37.0 Å². The smallest absolute Gasteiger partial charge is 0.274 e.